The number of carbonyl (C=O) groups is 2. The van der Waals surface area contributed by atoms with Crippen LogP contribution in [0, 0.1) is 0 Å². The van der Waals surface area contributed by atoms with Gasteiger partial charge in [-0.3, -0.25) is 14.3 Å². The number of hydrogen-bond acceptors (Lipinski definition) is 9. The van der Waals surface area contributed by atoms with Crippen molar-refractivity contribution >= 4 is 28.9 Å². The van der Waals surface area contributed by atoms with Crippen molar-refractivity contribution in [2.24, 2.45) is 0 Å². The summed E-state index contributed by atoms with van der Waals surface area (Å²) >= 11 is 0. The lowest BCUT2D eigenvalue weighted by atomic mass is 10.00. The van der Waals surface area contributed by atoms with Gasteiger partial charge in [0.2, 0.25) is 0 Å². The average molecular weight is 620 g/mol. The summed E-state index contributed by atoms with van der Waals surface area (Å²) in [6, 6.07) is 26.5. The number of rotatable bonds is 9. The van der Waals surface area contributed by atoms with E-state index in [9.17, 15) is 19.8 Å². The summed E-state index contributed by atoms with van der Waals surface area (Å²) < 4.78 is 7.55. The van der Waals surface area contributed by atoms with Gasteiger partial charge in [0.05, 0.1) is 12.4 Å². The molecule has 234 valence electrons. The molecule has 46 heavy (non-hydrogen) atoms. The molecule has 5 aromatic rings. The molecule has 3 amide bonds. The number of urea groups is 1. The number of carbonyl (C=O) groups excluding carboxylic acids is 2. The van der Waals surface area contributed by atoms with Crippen LogP contribution in [-0.4, -0.2) is 82.4 Å². The first kappa shape index (κ1) is 29.5. The number of imidazole rings is 1. The number of nitrogens with zero attached hydrogens (tertiary/aromatic N) is 6. The maximum absolute atomic E-state index is 13.9. The molecule has 2 saturated heterocycles. The fourth-order valence-electron chi connectivity index (χ4n) is 6.25. The number of amides is 3. The molecule has 2 aliphatic heterocycles. The molecule has 12 heteroatoms. The first-order valence-electron chi connectivity index (χ1n) is 15.1. The lowest BCUT2D eigenvalue weighted by Gasteiger charge is -2.22. The molecule has 2 aliphatic rings. The predicted molar refractivity (Wildman–Crippen MR) is 169 cm³/mol. The van der Waals surface area contributed by atoms with Gasteiger partial charge >= 0.3 is 6.03 Å². The van der Waals surface area contributed by atoms with E-state index in [0.29, 0.717) is 17.6 Å². The van der Waals surface area contributed by atoms with Gasteiger partial charge in [-0.05, 0) is 28.7 Å². The Morgan fingerprint density at radius 1 is 0.804 bits per heavy atom. The Bertz CT molecular complexity index is 1850. The van der Waals surface area contributed by atoms with E-state index in [1.54, 1.807) is 4.90 Å². The molecule has 2 aromatic heterocycles. The first-order valence-corrected chi connectivity index (χ1v) is 15.1. The molecule has 2 fully saturated rings. The minimum absolute atomic E-state index is 0.00730. The number of benzene rings is 3. The number of anilines is 1. The second kappa shape index (κ2) is 12.3. The standard InChI is InChI=1S/C34H33N7O5/c35-30-27-31(37-19-36-30)41(20-38-27)33-29(43)28(42)26(46-33)15-16-39-32(44)25(40(34(39)45)18-22-7-3-1-4-8-22)17-21-11-13-24(14-12-21)23-9-5-2-6-10-23/h1-14,19-20,25-26,28-29,33,42-43H,15-18H2,(H2,35,36,37)/t25?,26?,28?,29-,33-/m1/s1. The largest absolute Gasteiger partial charge is 0.388 e. The Labute approximate surface area is 264 Å². The van der Waals surface area contributed by atoms with Crippen LogP contribution < -0.4 is 5.73 Å². The van der Waals surface area contributed by atoms with E-state index in [1.165, 1.54) is 22.1 Å². The van der Waals surface area contributed by atoms with Crippen molar-refractivity contribution < 1.29 is 24.5 Å². The van der Waals surface area contributed by atoms with Crippen molar-refractivity contribution in [1.29, 1.82) is 0 Å². The van der Waals surface area contributed by atoms with Gasteiger partial charge in [-0.1, -0.05) is 84.9 Å². The molecule has 4 N–H and O–H groups in total. The smallest absolute Gasteiger partial charge is 0.327 e. The maximum Gasteiger partial charge on any atom is 0.327 e. The lowest BCUT2D eigenvalue weighted by Crippen LogP contribution is -2.37. The van der Waals surface area contributed by atoms with E-state index in [1.807, 2.05) is 84.9 Å². The van der Waals surface area contributed by atoms with Crippen LogP contribution in [0.1, 0.15) is 23.8 Å². The minimum atomic E-state index is -1.30. The summed E-state index contributed by atoms with van der Waals surface area (Å²) in [6.45, 7) is 0.282. The molecule has 0 saturated carbocycles. The number of nitrogen functional groups attached to an aromatic ring is 1. The van der Waals surface area contributed by atoms with Crippen LogP contribution in [-0.2, 0) is 22.5 Å². The second-order valence-corrected chi connectivity index (χ2v) is 11.6. The molecule has 0 spiro atoms. The van der Waals surface area contributed by atoms with Crippen molar-refractivity contribution in [3.05, 3.63) is 109 Å². The molecule has 0 aliphatic carbocycles. The topological polar surface area (TPSA) is 160 Å². The number of aromatic nitrogens is 4. The number of aliphatic hydroxyl groups excluding tert-OH is 2. The van der Waals surface area contributed by atoms with E-state index >= 15 is 0 Å². The van der Waals surface area contributed by atoms with Crippen LogP contribution in [0.25, 0.3) is 22.3 Å². The summed E-state index contributed by atoms with van der Waals surface area (Å²) in [7, 11) is 0. The number of aliphatic hydroxyl groups is 2. The van der Waals surface area contributed by atoms with Gasteiger partial charge in [-0.15, -0.1) is 0 Å². The van der Waals surface area contributed by atoms with Crippen LogP contribution in [0.5, 0.6) is 0 Å². The van der Waals surface area contributed by atoms with Crippen molar-refractivity contribution in [1.82, 2.24) is 29.3 Å². The van der Waals surface area contributed by atoms with E-state index in [0.717, 1.165) is 22.3 Å². The Morgan fingerprint density at radius 3 is 2.24 bits per heavy atom. The zero-order chi connectivity index (χ0) is 31.8. The highest BCUT2D eigenvalue weighted by atomic mass is 16.6. The van der Waals surface area contributed by atoms with Crippen LogP contribution in [0.2, 0.25) is 0 Å². The fourth-order valence-corrected chi connectivity index (χ4v) is 6.25. The fraction of sp³-hybridized carbons (Fsp3) is 0.265. The molecule has 0 radical (unpaired) electrons. The second-order valence-electron chi connectivity index (χ2n) is 11.6. The van der Waals surface area contributed by atoms with Crippen LogP contribution >= 0.6 is 0 Å². The molecule has 3 aromatic carbocycles. The van der Waals surface area contributed by atoms with Gasteiger partial charge in [0.1, 0.15) is 30.1 Å². The predicted octanol–water partition coefficient (Wildman–Crippen LogP) is 3.16. The SMILES string of the molecule is Nc1ncnc2c1ncn2[C@@H]1OC(CCN2C(=O)C(Cc3ccc(-c4ccccc4)cc3)N(Cc3ccccc3)C2=O)C(O)[C@H]1O. The number of ether oxygens (including phenoxy) is 1. The highest BCUT2D eigenvalue weighted by Gasteiger charge is 2.48. The highest BCUT2D eigenvalue weighted by Crippen LogP contribution is 2.34. The molecular formula is C34H33N7O5. The Hall–Kier alpha value is -5.17. The number of fused-ring (bicyclic) bond motifs is 1. The number of imide groups is 1. The number of hydrogen-bond donors (Lipinski definition) is 3. The molecule has 3 unspecified atom stereocenters. The lowest BCUT2D eigenvalue weighted by molar-refractivity contribution is -0.128. The summed E-state index contributed by atoms with van der Waals surface area (Å²) in [5, 5.41) is 21.8. The van der Waals surface area contributed by atoms with Gasteiger partial charge in [-0.25, -0.2) is 19.7 Å². The van der Waals surface area contributed by atoms with E-state index in [4.69, 9.17) is 10.5 Å². The third-order valence-corrected chi connectivity index (χ3v) is 8.73. The zero-order valence-electron chi connectivity index (χ0n) is 24.8. The molecule has 5 atom stereocenters. The number of nitrogens with two attached hydrogens (primary N) is 1. The van der Waals surface area contributed by atoms with Crippen molar-refractivity contribution in [2.75, 3.05) is 12.3 Å². The first-order chi connectivity index (χ1) is 22.4. The van der Waals surface area contributed by atoms with Crippen molar-refractivity contribution in [2.45, 2.75) is 50.0 Å². The maximum atomic E-state index is 13.9. The monoisotopic (exact) mass is 619 g/mol. The molecule has 12 nitrogen and oxygen atoms in total. The van der Waals surface area contributed by atoms with Gasteiger partial charge in [-0.2, -0.15) is 0 Å². The Morgan fingerprint density at radius 2 is 1.50 bits per heavy atom. The highest BCUT2D eigenvalue weighted by molar-refractivity contribution is 6.04. The Balaban J connectivity index is 1.08. The summed E-state index contributed by atoms with van der Waals surface area (Å²) in [4.78, 5) is 42.8. The molecule has 4 heterocycles. The molecular weight excluding hydrogens is 586 g/mol. The summed E-state index contributed by atoms with van der Waals surface area (Å²) in [6.07, 6.45) is -1.25. The van der Waals surface area contributed by atoms with Crippen molar-refractivity contribution in [3.8, 4) is 11.1 Å². The molecule has 0 bridgehead atoms. The third kappa shape index (κ3) is 5.47. The van der Waals surface area contributed by atoms with E-state index < -0.39 is 36.6 Å². The van der Waals surface area contributed by atoms with Gasteiger partial charge in [0, 0.05) is 19.5 Å². The van der Waals surface area contributed by atoms with Crippen LogP contribution in [0.15, 0.2) is 97.6 Å². The third-order valence-electron chi connectivity index (χ3n) is 8.73. The van der Waals surface area contributed by atoms with Crippen molar-refractivity contribution in [3.63, 3.8) is 0 Å². The summed E-state index contributed by atoms with van der Waals surface area (Å²) in [5.74, 6) is -0.133. The quantitative estimate of drug-likeness (QED) is 0.211. The summed E-state index contributed by atoms with van der Waals surface area (Å²) in [5.41, 5.74) is 10.6. The van der Waals surface area contributed by atoms with Gasteiger partial charge < -0.3 is 25.6 Å². The van der Waals surface area contributed by atoms with Gasteiger partial charge in [0.15, 0.2) is 17.7 Å². The Kier molecular flexibility index (Phi) is 7.91. The van der Waals surface area contributed by atoms with Crippen LogP contribution in [0.4, 0.5) is 10.6 Å². The molecule has 7 rings (SSSR count). The van der Waals surface area contributed by atoms with Crippen LogP contribution in [0.3, 0.4) is 0 Å². The zero-order valence-corrected chi connectivity index (χ0v) is 24.8. The minimum Gasteiger partial charge on any atom is -0.388 e. The van der Waals surface area contributed by atoms with E-state index in [2.05, 4.69) is 15.0 Å². The average Bonchev–Trinajstić information content (AvgIpc) is 3.70. The van der Waals surface area contributed by atoms with Gasteiger partial charge in [0.25, 0.3) is 5.91 Å². The normalized spacial score (nSPS) is 23.1. The van der Waals surface area contributed by atoms with E-state index in [-0.39, 0.29) is 31.2 Å².